The van der Waals surface area contributed by atoms with Crippen LogP contribution >= 0.6 is 11.3 Å². The van der Waals surface area contributed by atoms with Crippen molar-refractivity contribution >= 4 is 23.2 Å². The number of hydrogen-bond acceptors (Lipinski definition) is 3. The van der Waals surface area contributed by atoms with Gasteiger partial charge in [-0.05, 0) is 30.4 Å². The van der Waals surface area contributed by atoms with E-state index in [0.717, 1.165) is 6.42 Å². The lowest BCUT2D eigenvalue weighted by Gasteiger charge is -2.23. The highest BCUT2D eigenvalue weighted by atomic mass is 32.1. The Kier molecular flexibility index (Phi) is 4.71. The van der Waals surface area contributed by atoms with Crippen LogP contribution in [-0.2, 0) is 11.3 Å². The second-order valence-corrected chi connectivity index (χ2v) is 6.39. The van der Waals surface area contributed by atoms with Gasteiger partial charge in [0.15, 0.2) is 0 Å². The number of halogens is 1. The van der Waals surface area contributed by atoms with Crippen molar-refractivity contribution in [2.75, 3.05) is 6.54 Å². The Balaban J connectivity index is 1.64. The van der Waals surface area contributed by atoms with Crippen molar-refractivity contribution in [3.63, 3.8) is 0 Å². The highest BCUT2D eigenvalue weighted by molar-refractivity contribution is 7.12. The molecule has 1 saturated heterocycles. The largest absolute Gasteiger partial charge is 0.350 e. The molecule has 1 aromatic heterocycles. The average Bonchev–Trinajstić information content (AvgIpc) is 3.24. The zero-order valence-electron chi connectivity index (χ0n) is 12.5. The van der Waals surface area contributed by atoms with Crippen LogP contribution in [0.5, 0.6) is 0 Å². The van der Waals surface area contributed by atoms with E-state index in [1.165, 1.54) is 17.4 Å². The molecule has 0 unspecified atom stereocenters. The van der Waals surface area contributed by atoms with Crippen LogP contribution in [0.25, 0.3) is 0 Å². The van der Waals surface area contributed by atoms with Gasteiger partial charge in [0.1, 0.15) is 11.9 Å². The predicted octanol–water partition coefficient (Wildman–Crippen LogP) is 2.81. The summed E-state index contributed by atoms with van der Waals surface area (Å²) in [4.78, 5) is 27.1. The fraction of sp³-hybridized carbons (Fsp3) is 0.294. The lowest BCUT2D eigenvalue weighted by atomic mass is 10.1. The minimum absolute atomic E-state index is 0.108. The van der Waals surface area contributed by atoms with Crippen molar-refractivity contribution in [1.82, 2.24) is 10.2 Å². The van der Waals surface area contributed by atoms with Gasteiger partial charge in [-0.3, -0.25) is 9.59 Å². The number of hydrogen-bond donors (Lipinski definition) is 1. The number of carbonyl (C=O) groups is 2. The predicted molar refractivity (Wildman–Crippen MR) is 86.6 cm³/mol. The second kappa shape index (κ2) is 6.91. The molecule has 6 heteroatoms. The number of carbonyl (C=O) groups excluding carboxylic acids is 2. The summed E-state index contributed by atoms with van der Waals surface area (Å²) < 4.78 is 13.6. The van der Waals surface area contributed by atoms with E-state index in [9.17, 15) is 14.0 Å². The Bertz CT molecular complexity index is 702. The number of thiophene rings is 1. The molecule has 0 bridgehead atoms. The van der Waals surface area contributed by atoms with Crippen molar-refractivity contribution in [3.8, 4) is 0 Å². The molecule has 0 spiro atoms. The Morgan fingerprint density at radius 2 is 2.09 bits per heavy atom. The van der Waals surface area contributed by atoms with Crippen LogP contribution in [0, 0.1) is 5.82 Å². The Morgan fingerprint density at radius 3 is 2.83 bits per heavy atom. The maximum Gasteiger partial charge on any atom is 0.264 e. The summed E-state index contributed by atoms with van der Waals surface area (Å²) >= 11 is 1.37. The standard InChI is InChI=1S/C17H17FN2O2S/c18-13-6-2-1-5-12(13)11-19-16(21)14-7-3-9-20(14)17(22)15-8-4-10-23-15/h1-2,4-6,8,10,14H,3,7,9,11H2,(H,19,21)/t14-/m0/s1. The van der Waals surface area contributed by atoms with Crippen molar-refractivity contribution in [1.29, 1.82) is 0 Å². The molecule has 1 atom stereocenters. The lowest BCUT2D eigenvalue weighted by molar-refractivity contribution is -0.125. The normalized spacial score (nSPS) is 17.3. The molecule has 120 valence electrons. The van der Waals surface area contributed by atoms with E-state index in [1.54, 1.807) is 29.2 Å². The maximum atomic E-state index is 13.6. The van der Waals surface area contributed by atoms with E-state index in [1.807, 2.05) is 11.4 Å². The van der Waals surface area contributed by atoms with Gasteiger partial charge in [-0.1, -0.05) is 24.3 Å². The van der Waals surface area contributed by atoms with Crippen molar-refractivity contribution in [3.05, 3.63) is 58.0 Å². The summed E-state index contributed by atoms with van der Waals surface area (Å²) in [6.07, 6.45) is 1.44. The third-order valence-corrected chi connectivity index (χ3v) is 4.82. The first-order valence-corrected chi connectivity index (χ1v) is 8.40. The third-order valence-electron chi connectivity index (χ3n) is 3.96. The number of nitrogens with one attached hydrogen (secondary N) is 1. The number of rotatable bonds is 4. The van der Waals surface area contributed by atoms with E-state index in [2.05, 4.69) is 5.32 Å². The number of benzene rings is 1. The van der Waals surface area contributed by atoms with Gasteiger partial charge in [0, 0.05) is 18.7 Å². The van der Waals surface area contributed by atoms with Crippen LogP contribution in [0.2, 0.25) is 0 Å². The minimum atomic E-state index is -0.476. The minimum Gasteiger partial charge on any atom is -0.350 e. The molecule has 2 amide bonds. The molecule has 3 rings (SSSR count). The molecular formula is C17H17FN2O2S. The fourth-order valence-electron chi connectivity index (χ4n) is 2.77. The summed E-state index contributed by atoms with van der Waals surface area (Å²) in [6.45, 7) is 0.706. The van der Waals surface area contributed by atoms with Gasteiger partial charge in [-0.25, -0.2) is 4.39 Å². The summed E-state index contributed by atoms with van der Waals surface area (Å²) in [7, 11) is 0. The molecule has 1 N–H and O–H groups in total. The molecule has 1 aromatic carbocycles. The van der Waals surface area contributed by atoms with Crippen LogP contribution in [0.3, 0.4) is 0 Å². The van der Waals surface area contributed by atoms with Crippen LogP contribution in [0.15, 0.2) is 41.8 Å². The topological polar surface area (TPSA) is 49.4 Å². The summed E-state index contributed by atoms with van der Waals surface area (Å²) in [5, 5.41) is 4.59. The zero-order valence-corrected chi connectivity index (χ0v) is 13.3. The number of nitrogens with zero attached hydrogens (tertiary/aromatic N) is 1. The van der Waals surface area contributed by atoms with Gasteiger partial charge in [-0.2, -0.15) is 0 Å². The molecule has 0 saturated carbocycles. The summed E-state index contributed by atoms with van der Waals surface area (Å²) in [6, 6.07) is 9.45. The van der Waals surface area contributed by atoms with Gasteiger partial charge < -0.3 is 10.2 Å². The summed E-state index contributed by atoms with van der Waals surface area (Å²) in [5.41, 5.74) is 0.440. The molecule has 2 aromatic rings. The monoisotopic (exact) mass is 332 g/mol. The second-order valence-electron chi connectivity index (χ2n) is 5.44. The Labute approximate surface area is 137 Å². The van der Waals surface area contributed by atoms with Gasteiger partial charge in [0.25, 0.3) is 5.91 Å². The maximum absolute atomic E-state index is 13.6. The summed E-state index contributed by atoms with van der Waals surface area (Å²) in [5.74, 6) is -0.676. The molecule has 1 fully saturated rings. The molecular weight excluding hydrogens is 315 g/mol. The van der Waals surface area contributed by atoms with Crippen molar-refractivity contribution in [2.45, 2.75) is 25.4 Å². The average molecular weight is 332 g/mol. The van der Waals surface area contributed by atoms with E-state index >= 15 is 0 Å². The molecule has 1 aliphatic rings. The smallest absolute Gasteiger partial charge is 0.264 e. The van der Waals surface area contributed by atoms with Crippen LogP contribution in [0.4, 0.5) is 4.39 Å². The highest BCUT2D eigenvalue weighted by Gasteiger charge is 2.34. The first-order valence-electron chi connectivity index (χ1n) is 7.52. The number of amides is 2. The quantitative estimate of drug-likeness (QED) is 0.936. The van der Waals surface area contributed by atoms with Gasteiger partial charge in [0.05, 0.1) is 4.88 Å². The van der Waals surface area contributed by atoms with Crippen LogP contribution in [0.1, 0.15) is 28.1 Å². The first kappa shape index (κ1) is 15.7. The fourth-order valence-corrected chi connectivity index (χ4v) is 3.45. The molecule has 1 aliphatic heterocycles. The van der Waals surface area contributed by atoms with E-state index < -0.39 is 6.04 Å². The highest BCUT2D eigenvalue weighted by Crippen LogP contribution is 2.22. The molecule has 0 aliphatic carbocycles. The third kappa shape index (κ3) is 3.42. The van der Waals surface area contributed by atoms with E-state index in [4.69, 9.17) is 0 Å². The molecule has 4 nitrogen and oxygen atoms in total. The van der Waals surface area contributed by atoms with Gasteiger partial charge in [-0.15, -0.1) is 11.3 Å². The zero-order chi connectivity index (χ0) is 16.2. The number of likely N-dealkylation sites (tertiary alicyclic amines) is 1. The Morgan fingerprint density at radius 1 is 1.26 bits per heavy atom. The first-order chi connectivity index (χ1) is 11.2. The lowest BCUT2D eigenvalue weighted by Crippen LogP contribution is -2.45. The Hall–Kier alpha value is -2.21. The molecule has 0 radical (unpaired) electrons. The SMILES string of the molecule is O=C(NCc1ccccc1F)[C@@H]1CCCN1C(=O)c1cccs1. The van der Waals surface area contributed by atoms with Gasteiger partial charge >= 0.3 is 0 Å². The molecule has 23 heavy (non-hydrogen) atoms. The van der Waals surface area contributed by atoms with Crippen molar-refractivity contribution in [2.24, 2.45) is 0 Å². The van der Waals surface area contributed by atoms with E-state index in [-0.39, 0.29) is 24.2 Å². The van der Waals surface area contributed by atoms with Crippen molar-refractivity contribution < 1.29 is 14.0 Å². The van der Waals surface area contributed by atoms with Gasteiger partial charge in [0.2, 0.25) is 5.91 Å². The molecule has 2 heterocycles. The van der Waals surface area contributed by atoms with Crippen LogP contribution < -0.4 is 5.32 Å². The van der Waals surface area contributed by atoms with E-state index in [0.29, 0.717) is 23.4 Å². The van der Waals surface area contributed by atoms with Crippen LogP contribution in [-0.4, -0.2) is 29.3 Å².